The summed E-state index contributed by atoms with van der Waals surface area (Å²) < 4.78 is 14.6. The van der Waals surface area contributed by atoms with E-state index in [1.807, 2.05) is 0 Å². The highest BCUT2D eigenvalue weighted by Gasteiger charge is 2.54. The Morgan fingerprint density at radius 1 is 0.187 bits per heavy atom. The molecule has 0 atom stereocenters. The normalized spacial score (nSPS) is 13.9. The summed E-state index contributed by atoms with van der Waals surface area (Å²) in [6.07, 6.45) is 0. The van der Waals surface area contributed by atoms with Gasteiger partial charge in [-0.3, -0.25) is 28.4 Å². The molecule has 25 aromatic rings. The van der Waals surface area contributed by atoms with E-state index < -0.39 is 11.1 Å². The van der Waals surface area contributed by atoms with Gasteiger partial charge in [-0.05, 0) is 193 Å². The molecule has 1 spiro atoms. The molecule has 12 nitrogen and oxygen atoms in total. The molecule has 0 fully saturated rings. The summed E-state index contributed by atoms with van der Waals surface area (Å²) in [5.74, 6) is 2.72. The third kappa shape index (κ3) is 11.0. The fraction of sp³-hybridized carbons (Fsp3) is 0.0410. The maximum atomic E-state index is 5.45. The molecule has 6 aromatic heterocycles. The van der Waals surface area contributed by atoms with Crippen molar-refractivity contribution >= 4 is 150 Å². The lowest BCUT2D eigenvalue weighted by molar-refractivity contribution is 0.442. The van der Waals surface area contributed by atoms with Gasteiger partial charge < -0.3 is 13.7 Å². The van der Waals surface area contributed by atoms with Crippen LogP contribution in [0.1, 0.15) is 52.8 Å². The van der Waals surface area contributed by atoms with Crippen LogP contribution in [0, 0.1) is 0 Å². The monoisotopic (exact) mass is 1720 g/mol. The molecule has 12 heteroatoms. The molecule has 9 heterocycles. The average Bonchev–Trinajstić information content (AvgIpc) is 1.48. The van der Waals surface area contributed by atoms with Crippen molar-refractivity contribution in [1.29, 1.82) is 0 Å². The Morgan fingerprint density at radius 3 is 0.776 bits per heavy atom. The summed E-state index contributed by atoms with van der Waals surface area (Å²) in [6.45, 7) is 4.60. The highest BCUT2D eigenvalue weighted by Crippen LogP contribution is 2.63. The van der Waals surface area contributed by atoms with E-state index >= 15 is 0 Å². The number of hydrogen-bond acceptors (Lipinski definition) is 6. The van der Waals surface area contributed by atoms with Gasteiger partial charge in [0, 0.05) is 83.1 Å². The first-order valence-electron chi connectivity index (χ1n) is 46.0. The van der Waals surface area contributed by atoms with E-state index in [2.05, 4.69) is 529 Å². The molecule has 4 aliphatic rings. The van der Waals surface area contributed by atoms with Crippen molar-refractivity contribution in [3.8, 4) is 28.2 Å². The Morgan fingerprint density at radius 2 is 0.433 bits per heavy atom. The van der Waals surface area contributed by atoms with Gasteiger partial charge in [-0.1, -0.05) is 328 Å². The molecule has 1 aliphatic carbocycles. The molecule has 0 saturated heterocycles. The minimum atomic E-state index is -0.700. The third-order valence-electron chi connectivity index (χ3n) is 28.4. The van der Waals surface area contributed by atoms with Crippen LogP contribution in [0.3, 0.4) is 0 Å². The Labute approximate surface area is 773 Å². The van der Waals surface area contributed by atoms with Crippen LogP contribution in [0.4, 0.5) is 52.0 Å². The third-order valence-corrected chi connectivity index (χ3v) is 28.4. The van der Waals surface area contributed by atoms with Gasteiger partial charge in [0.1, 0.15) is 11.1 Å². The average molecular weight is 1720 g/mol. The first-order chi connectivity index (χ1) is 66.3. The van der Waals surface area contributed by atoms with Crippen molar-refractivity contribution in [3.05, 3.63) is 512 Å². The Bertz CT molecular complexity index is 8500. The second-order valence-corrected chi connectivity index (χ2v) is 35.7. The molecular weight excluding hydrogens is 1630 g/mol. The van der Waals surface area contributed by atoms with Crippen LogP contribution in [0.5, 0.6) is 0 Å². The van der Waals surface area contributed by atoms with Gasteiger partial charge in [-0.25, -0.2) is 15.0 Å². The molecule has 632 valence electrons. The Balaban J connectivity index is 0.000000103. The SMILES string of the molecule is CC1(C)c2ccc(-n3c4ccccc4c4ccccc43)cc2N(c2ccccc2)c2nc3ccccc3n21.c1ccc(N2c3cc(-n4c5ccccc5c5ccccc54)ccc3C(c3ccccc3)(c3ccccc3)n3c2nc2ccccc23)cc1.c1ccc(N2c3cc(-n4c5ccccc5c5ccccc54)ccc3C3(c4ccccc4-c4ccccc43)n3c2nc2ccccc23)cc1. The first kappa shape index (κ1) is 76.4. The molecule has 3 aliphatic heterocycles. The summed E-state index contributed by atoms with van der Waals surface area (Å²) in [5, 5.41) is 7.53. The van der Waals surface area contributed by atoms with E-state index in [1.54, 1.807) is 0 Å². The second-order valence-electron chi connectivity index (χ2n) is 35.7. The van der Waals surface area contributed by atoms with Crippen LogP contribution in [-0.2, 0) is 16.6 Å². The van der Waals surface area contributed by atoms with E-state index in [9.17, 15) is 0 Å². The number of rotatable bonds is 8. The number of benzene rings is 19. The minimum Gasteiger partial charge on any atom is -0.309 e. The first-order valence-corrected chi connectivity index (χ1v) is 46.0. The topological polar surface area (TPSA) is 78.0 Å². The van der Waals surface area contributed by atoms with Crippen molar-refractivity contribution in [2.24, 2.45) is 0 Å². The van der Waals surface area contributed by atoms with Crippen LogP contribution >= 0.6 is 0 Å². The molecule has 0 unspecified atom stereocenters. The van der Waals surface area contributed by atoms with E-state index in [-0.39, 0.29) is 5.54 Å². The summed E-state index contributed by atoms with van der Waals surface area (Å²) >= 11 is 0. The molecule has 0 bridgehead atoms. The standard InChI is InChI=1S/C44H28N4.C44H30N4.C34H26N4/c1-2-14-29(15-3-1)47-42-28-30(46-39-23-11-6-18-33(39)34-19-7-12-24-40(34)46)26-27-37(42)44(48-41-25-13-10-22-38(41)45-43(47)48)35-20-8-4-16-31(35)32-17-5-9-21-36(32)44;1-4-16-31(17-5-1)44(32-18-6-2-7-19-32)37-29-28-34(46-39-25-13-10-22-35(39)36-23-11-14-26-40(36)46)30-42(37)47(33-20-8-3-9-21-33)43-45-38-24-12-15-27-41(38)48(43)44;1-34(2)27-21-20-24(36-29-17-9-6-14-25(29)26-15-7-10-18-30(26)36)22-32(27)37(23-12-4-3-5-13-23)33-35-28-16-8-11-19-31(28)38(33)34/h1-28H;1-30H;3-22H,1-2H3. The minimum absolute atomic E-state index is 0.286. The lowest BCUT2D eigenvalue weighted by Crippen LogP contribution is -2.43. The van der Waals surface area contributed by atoms with E-state index in [0.29, 0.717) is 0 Å². The summed E-state index contributed by atoms with van der Waals surface area (Å²) in [4.78, 5) is 23.1. The molecule has 134 heavy (non-hydrogen) atoms. The number of para-hydroxylation sites is 15. The predicted octanol–water partition coefficient (Wildman–Crippen LogP) is 30.2. The summed E-state index contributed by atoms with van der Waals surface area (Å²) in [7, 11) is 0. The van der Waals surface area contributed by atoms with Crippen LogP contribution in [0.15, 0.2) is 473 Å². The predicted molar refractivity (Wildman–Crippen MR) is 550 cm³/mol. The molecule has 0 amide bonds. The van der Waals surface area contributed by atoms with Crippen LogP contribution in [-0.4, -0.2) is 42.4 Å². The number of fused-ring (bicyclic) bond motifs is 28. The van der Waals surface area contributed by atoms with Gasteiger partial charge in [-0.15, -0.1) is 0 Å². The Kier molecular flexibility index (Phi) is 17.0. The lowest BCUT2D eigenvalue weighted by Gasteiger charge is -2.46. The number of nitrogens with zero attached hydrogens (tertiary/aromatic N) is 12. The zero-order chi connectivity index (χ0) is 88.5. The summed E-state index contributed by atoms with van der Waals surface area (Å²) in [5.41, 5.74) is 32.9. The fourth-order valence-electron chi connectivity index (χ4n) is 23.0. The maximum absolute atomic E-state index is 5.45. The van der Waals surface area contributed by atoms with Crippen molar-refractivity contribution in [3.63, 3.8) is 0 Å². The number of aromatic nitrogens is 9. The van der Waals surface area contributed by atoms with Crippen LogP contribution in [0.25, 0.3) is 127 Å². The smallest absolute Gasteiger partial charge is 0.217 e. The van der Waals surface area contributed by atoms with Crippen LogP contribution in [0.2, 0.25) is 0 Å². The number of anilines is 9. The van der Waals surface area contributed by atoms with Gasteiger partial charge in [0.05, 0.1) is 88.8 Å². The van der Waals surface area contributed by atoms with Gasteiger partial charge in [0.15, 0.2) is 0 Å². The lowest BCUT2D eigenvalue weighted by atomic mass is 9.74. The van der Waals surface area contributed by atoms with Crippen molar-refractivity contribution in [2.45, 2.75) is 30.5 Å². The number of hydrogen-bond donors (Lipinski definition) is 0. The maximum Gasteiger partial charge on any atom is 0.217 e. The van der Waals surface area contributed by atoms with Gasteiger partial charge in [0.25, 0.3) is 0 Å². The highest BCUT2D eigenvalue weighted by atomic mass is 15.4. The zero-order valence-corrected chi connectivity index (χ0v) is 73.4. The zero-order valence-electron chi connectivity index (χ0n) is 73.4. The fourth-order valence-corrected chi connectivity index (χ4v) is 23.0. The van der Waals surface area contributed by atoms with Crippen LogP contribution < -0.4 is 14.7 Å². The van der Waals surface area contributed by atoms with E-state index in [4.69, 9.17) is 15.0 Å². The van der Waals surface area contributed by atoms with E-state index in [0.717, 1.165) is 102 Å². The largest absolute Gasteiger partial charge is 0.309 e. The van der Waals surface area contributed by atoms with Crippen molar-refractivity contribution in [2.75, 3.05) is 14.7 Å². The van der Waals surface area contributed by atoms with Crippen molar-refractivity contribution < 1.29 is 0 Å². The second kappa shape index (κ2) is 29.7. The summed E-state index contributed by atoms with van der Waals surface area (Å²) in [6, 6.07) is 170. The Hall–Kier alpha value is -17.6. The molecule has 19 aromatic carbocycles. The molecule has 0 radical (unpaired) electrons. The number of imidazole rings is 3. The molecule has 0 N–H and O–H groups in total. The van der Waals surface area contributed by atoms with Crippen molar-refractivity contribution in [1.82, 2.24) is 42.4 Å². The van der Waals surface area contributed by atoms with Gasteiger partial charge >= 0.3 is 0 Å². The van der Waals surface area contributed by atoms with Gasteiger partial charge in [-0.2, -0.15) is 0 Å². The molecular formula is C122H84N12. The van der Waals surface area contributed by atoms with E-state index in [1.165, 1.54) is 115 Å². The quantitative estimate of drug-likeness (QED) is 0.151. The molecule has 0 saturated carbocycles. The highest BCUT2D eigenvalue weighted by molar-refractivity contribution is 6.12. The molecule has 29 rings (SSSR count). The van der Waals surface area contributed by atoms with Gasteiger partial charge in [0.2, 0.25) is 17.8 Å².